The molecule has 0 radical (unpaired) electrons. The first-order chi connectivity index (χ1) is 14.4. The fourth-order valence-corrected chi connectivity index (χ4v) is 5.97. The molecule has 2 aromatic carbocycles. The van der Waals surface area contributed by atoms with E-state index in [2.05, 4.69) is 9.62 Å². The fraction of sp³-hybridized carbons (Fsp3) is 0.455. The van der Waals surface area contributed by atoms with Crippen LogP contribution in [-0.2, 0) is 16.6 Å². The maximum Gasteiger partial charge on any atom is 0.240 e. The summed E-state index contributed by atoms with van der Waals surface area (Å²) in [5, 5.41) is 0. The number of hydrogen-bond donors (Lipinski definition) is 1. The smallest absolute Gasteiger partial charge is 0.240 e. The minimum Gasteiger partial charge on any atom is -0.497 e. The summed E-state index contributed by atoms with van der Waals surface area (Å²) in [6.45, 7) is 0.764. The number of piperidine rings is 1. The van der Waals surface area contributed by atoms with Crippen molar-refractivity contribution in [3.63, 3.8) is 0 Å². The molecule has 1 N–H and O–H groups in total. The molecule has 0 aliphatic carbocycles. The number of sulfonamides is 1. The van der Waals surface area contributed by atoms with Crippen LogP contribution in [0.5, 0.6) is 11.5 Å². The average molecular weight is 435 g/mol. The SMILES string of the molecule is COc1ccc(CN2C3CCC2CC(NS(=O)(=O)c2ccc(F)cc2)C3)c(OC)c1. The molecule has 162 valence electrons. The second-order valence-corrected chi connectivity index (χ2v) is 9.69. The molecule has 0 aromatic heterocycles. The van der Waals surface area contributed by atoms with Crippen molar-refractivity contribution in [3.8, 4) is 11.5 Å². The lowest BCUT2D eigenvalue weighted by Crippen LogP contribution is -2.49. The summed E-state index contributed by atoms with van der Waals surface area (Å²) in [5.41, 5.74) is 1.10. The monoisotopic (exact) mass is 434 g/mol. The number of rotatable bonds is 7. The Bertz CT molecular complexity index is 983. The van der Waals surface area contributed by atoms with Crippen LogP contribution in [0.3, 0.4) is 0 Å². The maximum absolute atomic E-state index is 13.1. The van der Waals surface area contributed by atoms with Crippen molar-refractivity contribution in [1.82, 2.24) is 9.62 Å². The third-order valence-electron chi connectivity index (χ3n) is 6.18. The minimum absolute atomic E-state index is 0.0987. The van der Waals surface area contributed by atoms with Crippen LogP contribution in [0.15, 0.2) is 47.4 Å². The Labute approximate surface area is 177 Å². The van der Waals surface area contributed by atoms with Crippen molar-refractivity contribution < 1.29 is 22.3 Å². The van der Waals surface area contributed by atoms with E-state index in [1.54, 1.807) is 14.2 Å². The molecule has 2 aliphatic heterocycles. The van der Waals surface area contributed by atoms with Gasteiger partial charge in [-0.1, -0.05) is 6.07 Å². The molecule has 30 heavy (non-hydrogen) atoms. The highest BCUT2D eigenvalue weighted by molar-refractivity contribution is 7.89. The second-order valence-electron chi connectivity index (χ2n) is 7.98. The Morgan fingerprint density at radius 1 is 1.03 bits per heavy atom. The van der Waals surface area contributed by atoms with E-state index in [4.69, 9.17) is 9.47 Å². The Balaban J connectivity index is 1.44. The van der Waals surface area contributed by atoms with Gasteiger partial charge in [-0.2, -0.15) is 0 Å². The van der Waals surface area contributed by atoms with E-state index < -0.39 is 15.8 Å². The van der Waals surface area contributed by atoms with E-state index in [9.17, 15) is 12.8 Å². The van der Waals surface area contributed by atoms with Gasteiger partial charge in [0.2, 0.25) is 10.0 Å². The van der Waals surface area contributed by atoms with Crippen LogP contribution < -0.4 is 14.2 Å². The van der Waals surface area contributed by atoms with Crippen LogP contribution in [0.1, 0.15) is 31.2 Å². The molecule has 0 amide bonds. The summed E-state index contributed by atoms with van der Waals surface area (Å²) in [7, 11) is -0.372. The summed E-state index contributed by atoms with van der Waals surface area (Å²) in [6.07, 6.45) is 3.63. The van der Waals surface area contributed by atoms with Crippen molar-refractivity contribution in [2.24, 2.45) is 0 Å². The quantitative estimate of drug-likeness (QED) is 0.724. The van der Waals surface area contributed by atoms with Gasteiger partial charge in [-0.25, -0.2) is 17.5 Å². The molecule has 0 saturated carbocycles. The van der Waals surface area contributed by atoms with Crippen molar-refractivity contribution in [3.05, 3.63) is 53.8 Å². The Morgan fingerprint density at radius 2 is 1.70 bits per heavy atom. The lowest BCUT2D eigenvalue weighted by atomic mass is 9.97. The zero-order chi connectivity index (χ0) is 21.3. The van der Waals surface area contributed by atoms with Crippen molar-refractivity contribution >= 4 is 10.0 Å². The van der Waals surface area contributed by atoms with Gasteiger partial charge < -0.3 is 9.47 Å². The van der Waals surface area contributed by atoms with Gasteiger partial charge in [0, 0.05) is 36.3 Å². The summed E-state index contributed by atoms with van der Waals surface area (Å²) < 4.78 is 52.2. The zero-order valence-corrected chi connectivity index (χ0v) is 18.0. The summed E-state index contributed by atoms with van der Waals surface area (Å²) in [5.74, 6) is 1.11. The molecule has 2 aliphatic rings. The predicted molar refractivity (Wildman–Crippen MR) is 112 cm³/mol. The molecule has 2 heterocycles. The van der Waals surface area contributed by atoms with Crippen molar-refractivity contribution in [1.29, 1.82) is 0 Å². The number of ether oxygens (including phenoxy) is 2. The van der Waals surface area contributed by atoms with Crippen LogP contribution in [0.2, 0.25) is 0 Å². The van der Waals surface area contributed by atoms with Gasteiger partial charge in [0.25, 0.3) is 0 Å². The lowest BCUT2D eigenvalue weighted by Gasteiger charge is -2.39. The van der Waals surface area contributed by atoms with Gasteiger partial charge in [-0.3, -0.25) is 4.90 Å². The largest absolute Gasteiger partial charge is 0.497 e. The van der Waals surface area contributed by atoms with E-state index >= 15 is 0 Å². The van der Waals surface area contributed by atoms with Gasteiger partial charge >= 0.3 is 0 Å². The third-order valence-corrected chi connectivity index (χ3v) is 7.71. The minimum atomic E-state index is -3.66. The molecule has 0 spiro atoms. The van der Waals surface area contributed by atoms with Crippen molar-refractivity contribution in [2.75, 3.05) is 14.2 Å². The Kier molecular flexibility index (Phi) is 5.99. The highest BCUT2D eigenvalue weighted by atomic mass is 32.2. The van der Waals surface area contributed by atoms with E-state index in [0.717, 1.165) is 49.3 Å². The summed E-state index contributed by atoms with van der Waals surface area (Å²) in [6, 6.07) is 11.3. The van der Waals surface area contributed by atoms with Crippen LogP contribution in [0, 0.1) is 5.82 Å². The standard InChI is InChI=1S/C22H27FN2O4S/c1-28-20-8-3-15(22(13-20)29-2)14-25-18-6-7-19(25)12-17(11-18)24-30(26,27)21-9-4-16(23)5-10-21/h3-5,8-10,13,17-19,24H,6-7,11-12,14H2,1-2H3. The first-order valence-electron chi connectivity index (χ1n) is 10.1. The predicted octanol–water partition coefficient (Wildman–Crippen LogP) is 3.32. The van der Waals surface area contributed by atoms with Crippen LogP contribution >= 0.6 is 0 Å². The van der Waals surface area contributed by atoms with E-state index in [0.29, 0.717) is 12.1 Å². The average Bonchev–Trinajstić information content (AvgIpc) is 2.96. The van der Waals surface area contributed by atoms with E-state index in [1.807, 2.05) is 18.2 Å². The normalized spacial score (nSPS) is 24.0. The number of nitrogens with zero attached hydrogens (tertiary/aromatic N) is 1. The van der Waals surface area contributed by atoms with Crippen LogP contribution in [0.4, 0.5) is 4.39 Å². The van der Waals surface area contributed by atoms with Crippen molar-refractivity contribution in [2.45, 2.75) is 55.2 Å². The Morgan fingerprint density at radius 3 is 2.30 bits per heavy atom. The summed E-state index contributed by atoms with van der Waals surface area (Å²) in [4.78, 5) is 2.56. The van der Waals surface area contributed by atoms with Gasteiger partial charge in [0.15, 0.2) is 0 Å². The molecule has 2 bridgehead atoms. The highest BCUT2D eigenvalue weighted by Gasteiger charge is 2.42. The fourth-order valence-electron chi connectivity index (χ4n) is 4.71. The molecular formula is C22H27FN2O4S. The highest BCUT2D eigenvalue weighted by Crippen LogP contribution is 2.38. The molecule has 2 atom stereocenters. The number of methoxy groups -OCH3 is 2. The van der Waals surface area contributed by atoms with E-state index in [-0.39, 0.29) is 10.9 Å². The molecule has 2 aromatic rings. The third kappa shape index (κ3) is 4.31. The number of halogens is 1. The second kappa shape index (κ2) is 8.53. The number of nitrogens with one attached hydrogen (secondary N) is 1. The number of hydrogen-bond acceptors (Lipinski definition) is 5. The number of fused-ring (bicyclic) bond motifs is 2. The molecule has 4 rings (SSSR count). The lowest BCUT2D eigenvalue weighted by molar-refractivity contribution is 0.114. The first-order valence-corrected chi connectivity index (χ1v) is 11.6. The molecular weight excluding hydrogens is 407 g/mol. The maximum atomic E-state index is 13.1. The topological polar surface area (TPSA) is 67.9 Å². The molecule has 2 fully saturated rings. The van der Waals surface area contributed by atoms with Crippen LogP contribution in [0.25, 0.3) is 0 Å². The zero-order valence-electron chi connectivity index (χ0n) is 17.2. The van der Waals surface area contributed by atoms with E-state index in [1.165, 1.54) is 24.3 Å². The van der Waals surface area contributed by atoms with Crippen LogP contribution in [-0.4, -0.2) is 45.7 Å². The van der Waals surface area contributed by atoms with Gasteiger partial charge in [0.05, 0.1) is 19.1 Å². The molecule has 6 nitrogen and oxygen atoms in total. The summed E-state index contributed by atoms with van der Waals surface area (Å²) >= 11 is 0. The van der Waals surface area contributed by atoms with Gasteiger partial charge in [-0.05, 0) is 56.0 Å². The molecule has 2 saturated heterocycles. The first kappa shape index (κ1) is 21.1. The Hall–Kier alpha value is -2.16. The number of benzene rings is 2. The molecule has 8 heteroatoms. The van der Waals surface area contributed by atoms with Gasteiger partial charge in [0.1, 0.15) is 17.3 Å². The van der Waals surface area contributed by atoms with Gasteiger partial charge in [-0.15, -0.1) is 0 Å². The molecule has 2 unspecified atom stereocenters.